The van der Waals surface area contributed by atoms with Gasteiger partial charge in [0.15, 0.2) is 11.5 Å². The molecule has 7 nitrogen and oxygen atoms in total. The molecule has 3 aromatic carbocycles. The van der Waals surface area contributed by atoms with Crippen LogP contribution in [-0.4, -0.2) is 40.9 Å². The van der Waals surface area contributed by atoms with Crippen molar-refractivity contribution >= 4 is 16.8 Å². The van der Waals surface area contributed by atoms with Crippen LogP contribution in [0.5, 0.6) is 17.2 Å². The van der Waals surface area contributed by atoms with Gasteiger partial charge in [0.05, 0.1) is 23.4 Å². The molecule has 1 amide bonds. The number of alkyl halides is 2. The smallest absolute Gasteiger partial charge is 0.321 e. The van der Waals surface area contributed by atoms with Crippen molar-refractivity contribution in [2.45, 2.75) is 38.8 Å². The van der Waals surface area contributed by atoms with Crippen molar-refractivity contribution in [2.24, 2.45) is 5.92 Å². The van der Waals surface area contributed by atoms with E-state index in [9.17, 15) is 13.6 Å². The van der Waals surface area contributed by atoms with E-state index in [1.54, 1.807) is 10.9 Å². The van der Waals surface area contributed by atoms with E-state index in [1.165, 1.54) is 0 Å². The summed E-state index contributed by atoms with van der Waals surface area (Å²) < 4.78 is 47.0. The Morgan fingerprint density at radius 3 is 2.47 bits per heavy atom. The molecule has 0 saturated carbocycles. The normalized spacial score (nSPS) is 14.8. The molecule has 38 heavy (non-hydrogen) atoms. The van der Waals surface area contributed by atoms with E-state index in [0.717, 1.165) is 22.2 Å². The number of halogens is 2. The van der Waals surface area contributed by atoms with Crippen molar-refractivity contribution in [1.82, 2.24) is 15.1 Å². The number of hydrogen-bond acceptors (Lipinski definition) is 5. The Balaban J connectivity index is 1.46. The van der Waals surface area contributed by atoms with Gasteiger partial charge in [0.25, 0.3) is 5.91 Å². The molecule has 2 atom stereocenters. The lowest BCUT2D eigenvalue weighted by atomic mass is 9.92. The van der Waals surface area contributed by atoms with E-state index in [2.05, 4.69) is 10.4 Å². The number of benzene rings is 3. The predicted molar refractivity (Wildman–Crippen MR) is 139 cm³/mol. The van der Waals surface area contributed by atoms with Crippen molar-refractivity contribution in [3.8, 4) is 22.9 Å². The van der Waals surface area contributed by atoms with Gasteiger partial charge in [0.2, 0.25) is 0 Å². The van der Waals surface area contributed by atoms with Crippen molar-refractivity contribution in [1.29, 1.82) is 0 Å². The van der Waals surface area contributed by atoms with Gasteiger partial charge in [-0.25, -0.2) is 4.68 Å². The molecule has 0 saturated heterocycles. The summed E-state index contributed by atoms with van der Waals surface area (Å²) in [6, 6.07) is 19.8. The van der Waals surface area contributed by atoms with Crippen LogP contribution in [0.3, 0.4) is 0 Å². The second kappa shape index (κ2) is 10.3. The molecule has 4 aromatic rings. The van der Waals surface area contributed by atoms with Crippen molar-refractivity contribution in [3.63, 3.8) is 0 Å². The molecule has 0 bridgehead atoms. The first kappa shape index (κ1) is 25.5. The summed E-state index contributed by atoms with van der Waals surface area (Å²) >= 11 is 0. The first-order valence-corrected chi connectivity index (χ1v) is 12.5. The molecule has 1 aliphatic heterocycles. The SMILES string of the molecule is CC(C)[C@H](NC(=O)C(C)(F)F)[C@H](Oc1ccc2c(cnn2-c2ccc3c(c2)OCCO3)c1)c1ccccc1. The molecular formula is C29H29F2N3O4. The van der Waals surface area contributed by atoms with E-state index >= 15 is 0 Å². The number of fused-ring (bicyclic) bond motifs is 2. The van der Waals surface area contributed by atoms with Crippen molar-refractivity contribution < 1.29 is 27.8 Å². The second-order valence-corrected chi connectivity index (χ2v) is 9.69. The lowest BCUT2D eigenvalue weighted by molar-refractivity contribution is -0.145. The van der Waals surface area contributed by atoms with Crippen LogP contribution in [0.1, 0.15) is 32.4 Å². The fourth-order valence-electron chi connectivity index (χ4n) is 4.46. The summed E-state index contributed by atoms with van der Waals surface area (Å²) in [5.74, 6) is -3.13. The average Bonchev–Trinajstić information content (AvgIpc) is 3.33. The van der Waals surface area contributed by atoms with Gasteiger partial charge in [-0.1, -0.05) is 44.2 Å². The van der Waals surface area contributed by atoms with Gasteiger partial charge in [-0.15, -0.1) is 0 Å². The van der Waals surface area contributed by atoms with Crippen LogP contribution in [0.15, 0.2) is 72.9 Å². The van der Waals surface area contributed by atoms with Gasteiger partial charge in [-0.3, -0.25) is 4.79 Å². The summed E-state index contributed by atoms with van der Waals surface area (Å²) in [5.41, 5.74) is 2.44. The third-order valence-electron chi connectivity index (χ3n) is 6.44. The zero-order valence-electron chi connectivity index (χ0n) is 21.4. The highest BCUT2D eigenvalue weighted by molar-refractivity contribution is 5.83. The molecule has 1 aromatic heterocycles. The Bertz CT molecular complexity index is 1430. The van der Waals surface area contributed by atoms with Gasteiger partial charge in [-0.2, -0.15) is 13.9 Å². The van der Waals surface area contributed by atoms with Gasteiger partial charge in [0, 0.05) is 18.4 Å². The quantitative estimate of drug-likeness (QED) is 0.321. The molecule has 0 fully saturated rings. The number of ether oxygens (including phenoxy) is 3. The van der Waals surface area contributed by atoms with Gasteiger partial charge in [-0.05, 0) is 41.8 Å². The number of hydrogen-bond donors (Lipinski definition) is 1. The molecule has 5 rings (SSSR count). The molecule has 198 valence electrons. The van der Waals surface area contributed by atoms with Crippen molar-refractivity contribution in [2.75, 3.05) is 13.2 Å². The number of nitrogens with one attached hydrogen (secondary N) is 1. The fraction of sp³-hybridized carbons (Fsp3) is 0.310. The standard InChI is InChI=1S/C29H29F2N3O4/c1-18(2)26(33-28(35)29(3,30)31)27(19-7-5-4-6-8-19)38-22-10-11-23-20(15-22)17-32-34(23)21-9-12-24-25(16-21)37-14-13-36-24/h4-12,15-18,26-27H,13-14H2,1-3H3,(H,33,35)/t26-,27+/m0/s1. The lowest BCUT2D eigenvalue weighted by Gasteiger charge is -2.32. The first-order chi connectivity index (χ1) is 18.2. The van der Waals surface area contributed by atoms with E-state index in [0.29, 0.717) is 37.4 Å². The monoisotopic (exact) mass is 521 g/mol. The molecule has 9 heteroatoms. The Morgan fingerprint density at radius 2 is 1.76 bits per heavy atom. The van der Waals surface area contributed by atoms with Crippen LogP contribution in [0.2, 0.25) is 0 Å². The summed E-state index contributed by atoms with van der Waals surface area (Å²) in [4.78, 5) is 12.2. The number of nitrogens with zero attached hydrogens (tertiary/aromatic N) is 2. The van der Waals surface area contributed by atoms with Crippen LogP contribution in [0.4, 0.5) is 8.78 Å². The third-order valence-corrected chi connectivity index (χ3v) is 6.44. The summed E-state index contributed by atoms with van der Waals surface area (Å²) in [5, 5.41) is 7.89. The average molecular weight is 522 g/mol. The predicted octanol–water partition coefficient (Wildman–Crippen LogP) is 5.71. The molecule has 0 spiro atoms. The Hall–Kier alpha value is -4.14. The highest BCUT2D eigenvalue weighted by atomic mass is 19.3. The Kier molecular flexibility index (Phi) is 6.93. The van der Waals surface area contributed by atoms with E-state index in [-0.39, 0.29) is 5.92 Å². The fourth-order valence-corrected chi connectivity index (χ4v) is 4.46. The molecule has 1 N–H and O–H groups in total. The molecule has 1 aliphatic rings. The van der Waals surface area contributed by atoms with Crippen LogP contribution < -0.4 is 19.5 Å². The molecule has 2 heterocycles. The van der Waals surface area contributed by atoms with E-state index < -0.39 is 24.0 Å². The van der Waals surface area contributed by atoms with E-state index in [1.807, 2.05) is 80.6 Å². The molecule has 0 aliphatic carbocycles. The molecule has 0 radical (unpaired) electrons. The highest BCUT2D eigenvalue weighted by Gasteiger charge is 2.37. The maximum atomic E-state index is 13.8. The number of aromatic nitrogens is 2. The lowest BCUT2D eigenvalue weighted by Crippen LogP contribution is -2.49. The molecular weight excluding hydrogens is 492 g/mol. The van der Waals surface area contributed by atoms with Crippen LogP contribution >= 0.6 is 0 Å². The number of rotatable bonds is 8. The van der Waals surface area contributed by atoms with Gasteiger partial charge >= 0.3 is 5.92 Å². The zero-order chi connectivity index (χ0) is 26.9. The Labute approximate surface area is 219 Å². The summed E-state index contributed by atoms with van der Waals surface area (Å²) in [6.07, 6.45) is 1.03. The van der Waals surface area contributed by atoms with E-state index in [4.69, 9.17) is 14.2 Å². The second-order valence-electron chi connectivity index (χ2n) is 9.69. The number of carbonyl (C=O) groups is 1. The third kappa shape index (κ3) is 5.27. The minimum atomic E-state index is -3.50. The van der Waals surface area contributed by atoms with Gasteiger partial charge in [0.1, 0.15) is 25.1 Å². The first-order valence-electron chi connectivity index (χ1n) is 12.5. The van der Waals surface area contributed by atoms with Crippen LogP contribution in [-0.2, 0) is 4.79 Å². The summed E-state index contributed by atoms with van der Waals surface area (Å²) in [7, 11) is 0. The minimum absolute atomic E-state index is 0.187. The Morgan fingerprint density at radius 1 is 1.03 bits per heavy atom. The van der Waals surface area contributed by atoms with Gasteiger partial charge < -0.3 is 19.5 Å². The van der Waals surface area contributed by atoms with Crippen LogP contribution in [0.25, 0.3) is 16.6 Å². The highest BCUT2D eigenvalue weighted by Crippen LogP contribution is 2.34. The maximum absolute atomic E-state index is 13.8. The summed E-state index contributed by atoms with van der Waals surface area (Å²) in [6.45, 7) is 5.32. The number of carbonyl (C=O) groups excluding carboxylic acids is 1. The molecule has 0 unspecified atom stereocenters. The number of amides is 1. The zero-order valence-corrected chi connectivity index (χ0v) is 21.4. The maximum Gasteiger partial charge on any atom is 0.321 e. The topological polar surface area (TPSA) is 74.6 Å². The largest absolute Gasteiger partial charge is 0.486 e. The minimum Gasteiger partial charge on any atom is -0.486 e. The van der Waals surface area contributed by atoms with Crippen LogP contribution in [0, 0.1) is 5.92 Å². The van der Waals surface area contributed by atoms with Crippen molar-refractivity contribution in [3.05, 3.63) is 78.5 Å².